The second-order valence-corrected chi connectivity index (χ2v) is 9.56. The maximum absolute atomic E-state index is 14.8. The lowest BCUT2D eigenvalue weighted by Gasteiger charge is -2.37. The van der Waals surface area contributed by atoms with Gasteiger partial charge in [0, 0.05) is 49.9 Å². The van der Waals surface area contributed by atoms with Crippen molar-refractivity contribution < 1.29 is 36.6 Å². The van der Waals surface area contributed by atoms with Crippen LogP contribution in [0.4, 0.5) is 38.1 Å². The fourth-order valence-corrected chi connectivity index (χ4v) is 4.12. The van der Waals surface area contributed by atoms with Gasteiger partial charge >= 0.3 is 12.2 Å². The summed E-state index contributed by atoms with van der Waals surface area (Å²) >= 11 is 6.14. The fraction of sp³-hybridized carbons (Fsp3) is 0.440. The number of carbonyl (C=O) groups is 2. The van der Waals surface area contributed by atoms with Crippen molar-refractivity contribution in [3.63, 3.8) is 0 Å². The molecule has 1 aliphatic heterocycles. The minimum Gasteiger partial charge on any atom is -0.394 e. The normalized spacial score (nSPS) is 15.1. The molecule has 0 aliphatic carbocycles. The largest absolute Gasteiger partial charge is 0.394 e. The van der Waals surface area contributed by atoms with E-state index in [0.29, 0.717) is 36.9 Å². The molecule has 8 nitrogen and oxygen atoms in total. The predicted molar refractivity (Wildman–Crippen MR) is 137 cm³/mol. The number of hydrogen-bond acceptors (Lipinski definition) is 5. The Morgan fingerprint density at radius 2 is 1.77 bits per heavy atom. The fourth-order valence-electron chi connectivity index (χ4n) is 3.96. The number of halogens is 6. The number of rotatable bonds is 9. The average Bonchev–Trinajstić information content (AvgIpc) is 2.89. The van der Waals surface area contributed by atoms with Gasteiger partial charge in [-0.15, -0.1) is 0 Å². The van der Waals surface area contributed by atoms with Crippen LogP contribution in [0.2, 0.25) is 5.02 Å². The molecule has 214 valence electrons. The average molecular weight is 578 g/mol. The summed E-state index contributed by atoms with van der Waals surface area (Å²) in [6.07, 6.45) is -5.14. The highest BCUT2D eigenvalue weighted by atomic mass is 35.5. The third-order valence-corrected chi connectivity index (χ3v) is 6.37. The molecular formula is C25H29ClF5N5O3. The third kappa shape index (κ3) is 8.67. The van der Waals surface area contributed by atoms with E-state index in [0.717, 1.165) is 6.07 Å². The minimum atomic E-state index is -4.24. The molecule has 1 fully saturated rings. The van der Waals surface area contributed by atoms with Crippen molar-refractivity contribution in [1.82, 2.24) is 15.5 Å². The first-order chi connectivity index (χ1) is 18.4. The highest BCUT2D eigenvalue weighted by molar-refractivity contribution is 6.31. The molecule has 1 unspecified atom stereocenters. The van der Waals surface area contributed by atoms with E-state index in [1.807, 2.05) is 4.90 Å². The number of aliphatic hydroxyl groups excluding tert-OH is 1. The molecule has 1 heterocycles. The zero-order valence-electron chi connectivity index (χ0n) is 21.0. The first-order valence-electron chi connectivity index (χ1n) is 12.1. The molecule has 4 N–H and O–H groups in total. The minimum absolute atomic E-state index is 0.112. The summed E-state index contributed by atoms with van der Waals surface area (Å²) in [7, 11) is 0. The van der Waals surface area contributed by atoms with Gasteiger partial charge in [0.05, 0.1) is 36.0 Å². The second-order valence-electron chi connectivity index (χ2n) is 9.12. The Bertz CT molecular complexity index is 1180. The molecule has 1 saturated heterocycles. The lowest BCUT2D eigenvalue weighted by molar-refractivity contribution is -0.138. The molecule has 1 aliphatic rings. The maximum atomic E-state index is 14.8. The number of nitrogens with one attached hydrogen (secondary N) is 3. The van der Waals surface area contributed by atoms with E-state index < -0.39 is 47.8 Å². The molecule has 0 bridgehead atoms. The number of benzene rings is 2. The molecule has 0 spiro atoms. The Morgan fingerprint density at radius 3 is 2.41 bits per heavy atom. The van der Waals surface area contributed by atoms with E-state index in [9.17, 15) is 31.5 Å². The summed E-state index contributed by atoms with van der Waals surface area (Å²) in [5, 5.41) is 16.6. The van der Waals surface area contributed by atoms with Crippen LogP contribution < -0.4 is 20.9 Å². The van der Waals surface area contributed by atoms with Crippen molar-refractivity contribution >= 4 is 34.9 Å². The van der Waals surface area contributed by atoms with E-state index in [-0.39, 0.29) is 30.9 Å². The van der Waals surface area contributed by atoms with Crippen molar-refractivity contribution in [2.45, 2.75) is 32.1 Å². The van der Waals surface area contributed by atoms with Gasteiger partial charge in [-0.1, -0.05) is 17.7 Å². The Balaban J connectivity index is 1.68. The molecule has 3 rings (SSSR count). The van der Waals surface area contributed by atoms with Crippen LogP contribution in [-0.4, -0.2) is 73.5 Å². The molecule has 0 radical (unpaired) electrons. The van der Waals surface area contributed by atoms with Crippen LogP contribution in [0.25, 0.3) is 0 Å². The Hall–Kier alpha value is -3.16. The quantitative estimate of drug-likeness (QED) is 0.336. The number of nitrogens with zero attached hydrogens (tertiary/aromatic N) is 2. The van der Waals surface area contributed by atoms with Gasteiger partial charge < -0.3 is 26.0 Å². The highest BCUT2D eigenvalue weighted by Gasteiger charge is 2.29. The SMILES string of the molecule is CC(CO)NC(=O)NCc1ccc(C(=O)Nc2ccc(Cl)cc2N2CCN(CCC(F)(F)F)CC2)c(F)c1F. The van der Waals surface area contributed by atoms with Gasteiger partial charge in [-0.2, -0.15) is 13.2 Å². The van der Waals surface area contributed by atoms with Crippen LogP contribution in [0.1, 0.15) is 29.3 Å². The maximum Gasteiger partial charge on any atom is 0.390 e. The zero-order chi connectivity index (χ0) is 28.7. The van der Waals surface area contributed by atoms with Gasteiger partial charge in [-0.25, -0.2) is 13.6 Å². The van der Waals surface area contributed by atoms with Gasteiger partial charge in [0.2, 0.25) is 0 Å². The Morgan fingerprint density at radius 1 is 1.08 bits per heavy atom. The lowest BCUT2D eigenvalue weighted by Crippen LogP contribution is -2.47. The van der Waals surface area contributed by atoms with Crippen LogP contribution in [0.3, 0.4) is 0 Å². The van der Waals surface area contributed by atoms with Crippen LogP contribution in [0.5, 0.6) is 0 Å². The van der Waals surface area contributed by atoms with Crippen molar-refractivity contribution in [2.24, 2.45) is 0 Å². The summed E-state index contributed by atoms with van der Waals surface area (Å²) < 4.78 is 67.1. The summed E-state index contributed by atoms with van der Waals surface area (Å²) in [4.78, 5) is 28.2. The van der Waals surface area contributed by atoms with Gasteiger partial charge in [0.25, 0.3) is 5.91 Å². The van der Waals surface area contributed by atoms with Crippen LogP contribution >= 0.6 is 11.6 Å². The molecular weight excluding hydrogens is 549 g/mol. The predicted octanol–water partition coefficient (Wildman–Crippen LogP) is 4.12. The Labute approximate surface area is 227 Å². The van der Waals surface area contributed by atoms with Crippen LogP contribution in [0, 0.1) is 11.6 Å². The van der Waals surface area contributed by atoms with Crippen molar-refractivity contribution in [1.29, 1.82) is 0 Å². The number of urea groups is 1. The van der Waals surface area contributed by atoms with E-state index in [2.05, 4.69) is 16.0 Å². The number of anilines is 2. The van der Waals surface area contributed by atoms with E-state index in [1.54, 1.807) is 17.9 Å². The van der Waals surface area contributed by atoms with E-state index in [1.165, 1.54) is 18.2 Å². The van der Waals surface area contributed by atoms with Crippen LogP contribution in [-0.2, 0) is 6.54 Å². The number of hydrogen-bond donors (Lipinski definition) is 4. The van der Waals surface area contributed by atoms with E-state index >= 15 is 0 Å². The number of amides is 3. The first-order valence-corrected chi connectivity index (χ1v) is 12.5. The summed E-state index contributed by atoms with van der Waals surface area (Å²) in [5.74, 6) is -3.62. The first kappa shape index (κ1) is 30.4. The monoisotopic (exact) mass is 577 g/mol. The molecule has 2 aromatic carbocycles. The third-order valence-electron chi connectivity index (χ3n) is 6.13. The topological polar surface area (TPSA) is 96.9 Å². The van der Waals surface area contributed by atoms with Crippen molar-refractivity contribution in [3.8, 4) is 0 Å². The van der Waals surface area contributed by atoms with Gasteiger partial charge in [-0.3, -0.25) is 9.69 Å². The number of alkyl halides is 3. The van der Waals surface area contributed by atoms with Gasteiger partial charge in [0.1, 0.15) is 0 Å². The summed E-state index contributed by atoms with van der Waals surface area (Å²) in [5.41, 5.74) is 0.0170. The standard InChI is InChI=1S/C25H29ClF5N5O3/c1-15(14-37)33-24(39)32-13-16-2-4-18(22(28)21(16)27)23(38)34-19-5-3-17(26)12-20(19)36-10-8-35(9-11-36)7-6-25(29,30)31/h2-5,12,15,37H,6-11,13-14H2,1H3,(H,34,38)(H2,32,33,39). The Kier molecular flexibility index (Phi) is 10.3. The molecule has 14 heteroatoms. The van der Waals surface area contributed by atoms with Gasteiger partial charge in [-0.05, 0) is 31.2 Å². The van der Waals surface area contributed by atoms with Gasteiger partial charge in [0.15, 0.2) is 11.6 Å². The smallest absolute Gasteiger partial charge is 0.390 e. The second kappa shape index (κ2) is 13.3. The number of piperazine rings is 1. The molecule has 2 aromatic rings. The molecule has 3 amide bonds. The number of carbonyl (C=O) groups excluding carboxylic acids is 2. The van der Waals surface area contributed by atoms with Crippen molar-refractivity contribution in [2.75, 3.05) is 49.5 Å². The number of aliphatic hydroxyl groups is 1. The highest BCUT2D eigenvalue weighted by Crippen LogP contribution is 2.31. The zero-order valence-corrected chi connectivity index (χ0v) is 21.8. The molecule has 1 atom stereocenters. The molecule has 0 aromatic heterocycles. The summed E-state index contributed by atoms with van der Waals surface area (Å²) in [6, 6.07) is 5.64. The summed E-state index contributed by atoms with van der Waals surface area (Å²) in [6.45, 7) is 2.26. The molecule has 39 heavy (non-hydrogen) atoms. The lowest BCUT2D eigenvalue weighted by atomic mass is 10.1. The van der Waals surface area contributed by atoms with Crippen molar-refractivity contribution in [3.05, 3.63) is 58.1 Å². The van der Waals surface area contributed by atoms with E-state index in [4.69, 9.17) is 16.7 Å². The molecule has 0 saturated carbocycles. The van der Waals surface area contributed by atoms with Crippen LogP contribution in [0.15, 0.2) is 30.3 Å².